The summed E-state index contributed by atoms with van der Waals surface area (Å²) < 4.78 is 36.5. The van der Waals surface area contributed by atoms with Crippen LogP contribution in [0.5, 0.6) is 0 Å². The molecular weight excluding hydrogens is 339 g/mol. The van der Waals surface area contributed by atoms with Crippen LogP contribution in [0.2, 0.25) is 5.02 Å². The second-order valence-corrected chi connectivity index (χ2v) is 7.03. The number of halogens is 2. The van der Waals surface area contributed by atoms with E-state index < -0.39 is 40.3 Å². The SMILES string of the molecule is CN(CC(=O)NC(C(=O)O)c1ccc(Cl)c(F)c1)S(C)(=O)=O. The van der Waals surface area contributed by atoms with Gasteiger partial charge in [0.2, 0.25) is 15.9 Å². The number of carbonyl (C=O) groups is 2. The van der Waals surface area contributed by atoms with Crippen molar-refractivity contribution in [3.8, 4) is 0 Å². The van der Waals surface area contributed by atoms with Crippen LogP contribution >= 0.6 is 11.6 Å². The molecule has 1 amide bonds. The molecule has 22 heavy (non-hydrogen) atoms. The van der Waals surface area contributed by atoms with Gasteiger partial charge in [0.05, 0.1) is 17.8 Å². The molecule has 0 bridgehead atoms. The van der Waals surface area contributed by atoms with E-state index in [0.717, 1.165) is 22.7 Å². The van der Waals surface area contributed by atoms with Crippen LogP contribution in [0.4, 0.5) is 4.39 Å². The van der Waals surface area contributed by atoms with Gasteiger partial charge in [0.1, 0.15) is 5.82 Å². The maximum Gasteiger partial charge on any atom is 0.330 e. The Morgan fingerprint density at radius 2 is 2.05 bits per heavy atom. The van der Waals surface area contributed by atoms with Crippen molar-refractivity contribution >= 4 is 33.5 Å². The van der Waals surface area contributed by atoms with Crippen molar-refractivity contribution < 1.29 is 27.5 Å². The first-order chi connectivity index (χ1) is 10.0. The van der Waals surface area contributed by atoms with E-state index >= 15 is 0 Å². The maximum atomic E-state index is 13.4. The van der Waals surface area contributed by atoms with Crippen molar-refractivity contribution in [2.45, 2.75) is 6.04 Å². The quantitative estimate of drug-likeness (QED) is 0.780. The first-order valence-corrected chi connectivity index (χ1v) is 8.13. The number of carboxylic acids is 1. The number of benzene rings is 1. The molecule has 1 aromatic carbocycles. The number of carbonyl (C=O) groups excluding carboxylic acids is 1. The summed E-state index contributed by atoms with van der Waals surface area (Å²) in [5, 5.41) is 11.1. The molecule has 0 aromatic heterocycles. The number of amides is 1. The second kappa shape index (κ2) is 7.03. The van der Waals surface area contributed by atoms with Crippen LogP contribution in [-0.2, 0) is 19.6 Å². The average molecular weight is 353 g/mol. The van der Waals surface area contributed by atoms with Gasteiger partial charge in [0.15, 0.2) is 6.04 Å². The Bertz CT molecular complexity index is 695. The first kappa shape index (κ1) is 18.3. The minimum absolute atomic E-state index is 0.0234. The standard InChI is InChI=1S/C12H14ClFN2O5S/c1-16(22(2,20)21)6-10(17)15-11(12(18)19)7-3-4-8(13)9(14)5-7/h3-5,11H,6H2,1-2H3,(H,15,17)(H,18,19). The van der Waals surface area contributed by atoms with Gasteiger partial charge in [-0.05, 0) is 17.7 Å². The molecule has 1 aromatic rings. The Morgan fingerprint density at radius 1 is 1.45 bits per heavy atom. The minimum atomic E-state index is -3.58. The van der Waals surface area contributed by atoms with Crippen molar-refractivity contribution in [2.24, 2.45) is 0 Å². The zero-order valence-corrected chi connectivity index (χ0v) is 13.3. The first-order valence-electron chi connectivity index (χ1n) is 5.91. The number of nitrogens with one attached hydrogen (secondary N) is 1. The van der Waals surface area contributed by atoms with E-state index in [1.807, 2.05) is 0 Å². The van der Waals surface area contributed by atoms with Crippen molar-refractivity contribution in [3.05, 3.63) is 34.6 Å². The molecule has 0 aliphatic carbocycles. The number of nitrogens with zero attached hydrogens (tertiary/aromatic N) is 1. The highest BCUT2D eigenvalue weighted by Crippen LogP contribution is 2.20. The van der Waals surface area contributed by atoms with Gasteiger partial charge in [-0.1, -0.05) is 17.7 Å². The summed E-state index contributed by atoms with van der Waals surface area (Å²) in [4.78, 5) is 23.0. The number of carboxylic acid groups (broad SMARTS) is 1. The Morgan fingerprint density at radius 3 is 2.50 bits per heavy atom. The third-order valence-electron chi connectivity index (χ3n) is 2.76. The summed E-state index contributed by atoms with van der Waals surface area (Å²) in [5.41, 5.74) is -0.0234. The van der Waals surface area contributed by atoms with Gasteiger partial charge in [-0.25, -0.2) is 17.6 Å². The summed E-state index contributed by atoms with van der Waals surface area (Å²) in [7, 11) is -2.41. The lowest BCUT2D eigenvalue weighted by Gasteiger charge is -2.18. The van der Waals surface area contributed by atoms with Gasteiger partial charge < -0.3 is 10.4 Å². The molecule has 0 spiro atoms. The van der Waals surface area contributed by atoms with Crippen LogP contribution in [0, 0.1) is 5.82 Å². The van der Waals surface area contributed by atoms with Crippen LogP contribution in [-0.4, -0.2) is 49.6 Å². The number of rotatable bonds is 6. The zero-order valence-electron chi connectivity index (χ0n) is 11.7. The summed E-state index contributed by atoms with van der Waals surface area (Å²) in [6.07, 6.45) is 0.906. The summed E-state index contributed by atoms with van der Waals surface area (Å²) in [5.74, 6) is -3.08. The zero-order chi connectivity index (χ0) is 17.1. The van der Waals surface area contributed by atoms with Gasteiger partial charge in [-0.15, -0.1) is 0 Å². The third-order valence-corrected chi connectivity index (χ3v) is 4.33. The molecule has 7 nitrogen and oxygen atoms in total. The molecule has 1 rings (SSSR count). The lowest BCUT2D eigenvalue weighted by atomic mass is 10.1. The van der Waals surface area contributed by atoms with Gasteiger partial charge >= 0.3 is 5.97 Å². The van der Waals surface area contributed by atoms with Gasteiger partial charge in [-0.3, -0.25) is 4.79 Å². The van der Waals surface area contributed by atoms with E-state index in [9.17, 15) is 22.4 Å². The summed E-state index contributed by atoms with van der Waals surface area (Å²) in [6, 6.07) is 1.79. The van der Waals surface area contributed by atoms with E-state index in [1.54, 1.807) is 0 Å². The Kier molecular flexibility index (Phi) is 5.86. The van der Waals surface area contributed by atoms with E-state index in [-0.39, 0.29) is 10.6 Å². The van der Waals surface area contributed by atoms with Crippen LogP contribution in [0.25, 0.3) is 0 Å². The fourth-order valence-corrected chi connectivity index (χ4v) is 1.98. The number of hydrogen-bond donors (Lipinski definition) is 2. The van der Waals surface area contributed by atoms with E-state index in [0.29, 0.717) is 0 Å². The monoisotopic (exact) mass is 352 g/mol. The lowest BCUT2D eigenvalue weighted by molar-refractivity contribution is -0.142. The van der Waals surface area contributed by atoms with Gasteiger partial charge in [0, 0.05) is 7.05 Å². The molecule has 0 heterocycles. The number of aliphatic carboxylic acids is 1. The molecule has 0 aliphatic rings. The van der Waals surface area contributed by atoms with E-state index in [2.05, 4.69) is 5.32 Å². The predicted molar refractivity (Wildman–Crippen MR) is 77.4 cm³/mol. The minimum Gasteiger partial charge on any atom is -0.479 e. The maximum absolute atomic E-state index is 13.4. The second-order valence-electron chi connectivity index (χ2n) is 4.53. The van der Waals surface area contributed by atoms with Gasteiger partial charge in [0.25, 0.3) is 0 Å². The van der Waals surface area contributed by atoms with Crippen LogP contribution in [0.15, 0.2) is 18.2 Å². The number of likely N-dealkylation sites (N-methyl/N-ethyl adjacent to an activating group) is 1. The molecular formula is C12H14ClFN2O5S. The van der Waals surface area contributed by atoms with Crippen LogP contribution in [0.1, 0.15) is 11.6 Å². The highest BCUT2D eigenvalue weighted by atomic mass is 35.5. The van der Waals surface area contributed by atoms with Crippen molar-refractivity contribution in [1.29, 1.82) is 0 Å². The molecule has 1 unspecified atom stereocenters. The average Bonchev–Trinajstić information content (AvgIpc) is 2.38. The molecule has 0 fully saturated rings. The van der Waals surface area contributed by atoms with Crippen molar-refractivity contribution in [3.63, 3.8) is 0 Å². The molecule has 2 N–H and O–H groups in total. The van der Waals surface area contributed by atoms with E-state index in [1.165, 1.54) is 13.1 Å². The Balaban J connectivity index is 2.91. The molecule has 1 atom stereocenters. The van der Waals surface area contributed by atoms with Crippen LogP contribution in [0.3, 0.4) is 0 Å². The molecule has 0 saturated carbocycles. The topological polar surface area (TPSA) is 104 Å². The molecule has 0 saturated heterocycles. The fourth-order valence-electron chi connectivity index (χ4n) is 1.51. The largest absolute Gasteiger partial charge is 0.479 e. The van der Waals surface area contributed by atoms with Crippen molar-refractivity contribution in [2.75, 3.05) is 19.8 Å². The predicted octanol–water partition coefficient (Wildman–Crippen LogP) is 0.612. The summed E-state index contributed by atoms with van der Waals surface area (Å²) in [6.45, 7) is -0.557. The number of sulfonamides is 1. The van der Waals surface area contributed by atoms with Gasteiger partial charge in [-0.2, -0.15) is 4.31 Å². The third kappa shape index (κ3) is 4.93. The smallest absolute Gasteiger partial charge is 0.330 e. The number of hydrogen-bond acceptors (Lipinski definition) is 4. The fraction of sp³-hybridized carbons (Fsp3) is 0.333. The molecule has 0 aliphatic heterocycles. The highest BCUT2D eigenvalue weighted by molar-refractivity contribution is 7.88. The molecule has 10 heteroatoms. The molecule has 0 radical (unpaired) electrons. The molecule has 122 valence electrons. The normalized spacial score (nSPS) is 13.0. The van der Waals surface area contributed by atoms with E-state index in [4.69, 9.17) is 16.7 Å². The lowest BCUT2D eigenvalue weighted by Crippen LogP contribution is -2.41. The van der Waals surface area contributed by atoms with Crippen molar-refractivity contribution in [1.82, 2.24) is 9.62 Å². The summed E-state index contributed by atoms with van der Waals surface area (Å²) >= 11 is 5.51. The Hall–Kier alpha value is -1.71. The Labute approximate surface area is 131 Å². The highest BCUT2D eigenvalue weighted by Gasteiger charge is 2.24. The van der Waals surface area contributed by atoms with Crippen LogP contribution < -0.4 is 5.32 Å².